The van der Waals surface area contributed by atoms with Gasteiger partial charge in [0, 0.05) is 23.7 Å². The van der Waals surface area contributed by atoms with Gasteiger partial charge in [0.2, 0.25) is 0 Å². The standard InChI is InChI=1S/C30H37F4NO3/c1-18(35-23-4-3-5-24(35)16-21(15-23)29(36)37-2)19-6-12-26-20(14-19)7-13-28(27(26)17-31)38-25-10-8-22(9-11-25)30(32,33)34/h6-7,12-14,18,21-25H,3-5,8-11,15-17H2,1-2H3. The summed E-state index contributed by atoms with van der Waals surface area (Å²) in [7, 11) is 1.46. The maximum Gasteiger partial charge on any atom is 0.391 e. The second-order valence-corrected chi connectivity index (χ2v) is 11.3. The minimum atomic E-state index is -4.16. The van der Waals surface area contributed by atoms with E-state index in [-0.39, 0.29) is 36.9 Å². The van der Waals surface area contributed by atoms with E-state index in [2.05, 4.69) is 17.9 Å². The van der Waals surface area contributed by atoms with Crippen LogP contribution in [0.2, 0.25) is 0 Å². The van der Waals surface area contributed by atoms with Crippen LogP contribution in [0.1, 0.15) is 81.9 Å². The first kappa shape index (κ1) is 27.2. The van der Waals surface area contributed by atoms with Crippen molar-refractivity contribution in [2.75, 3.05) is 7.11 Å². The second-order valence-electron chi connectivity index (χ2n) is 11.3. The number of nitrogens with zero attached hydrogens (tertiary/aromatic N) is 1. The third-order valence-electron chi connectivity index (χ3n) is 9.17. The number of benzene rings is 2. The van der Waals surface area contributed by atoms with Crippen LogP contribution in [-0.2, 0) is 16.2 Å². The largest absolute Gasteiger partial charge is 0.490 e. The fraction of sp³-hybridized carbons (Fsp3) is 0.633. The first-order valence-electron chi connectivity index (χ1n) is 13.9. The van der Waals surface area contributed by atoms with Crippen LogP contribution in [-0.4, -0.2) is 42.3 Å². The van der Waals surface area contributed by atoms with Crippen LogP contribution < -0.4 is 4.74 Å². The van der Waals surface area contributed by atoms with Crippen molar-refractivity contribution in [2.45, 2.75) is 102 Å². The Morgan fingerprint density at radius 1 is 1.03 bits per heavy atom. The Labute approximate surface area is 221 Å². The summed E-state index contributed by atoms with van der Waals surface area (Å²) in [5.74, 6) is -0.990. The highest BCUT2D eigenvalue weighted by molar-refractivity contribution is 5.88. The van der Waals surface area contributed by atoms with E-state index in [9.17, 15) is 22.4 Å². The summed E-state index contributed by atoms with van der Waals surface area (Å²) < 4.78 is 64.4. The Kier molecular flexibility index (Phi) is 7.90. The van der Waals surface area contributed by atoms with E-state index in [1.807, 2.05) is 18.2 Å². The van der Waals surface area contributed by atoms with E-state index >= 15 is 0 Å². The van der Waals surface area contributed by atoms with Crippen LogP contribution in [0.3, 0.4) is 0 Å². The molecule has 1 saturated carbocycles. The number of rotatable bonds is 6. The van der Waals surface area contributed by atoms with Gasteiger partial charge in [-0.15, -0.1) is 0 Å². The molecule has 0 N–H and O–H groups in total. The quantitative estimate of drug-likeness (QED) is 0.281. The van der Waals surface area contributed by atoms with Crippen molar-refractivity contribution in [3.63, 3.8) is 0 Å². The first-order chi connectivity index (χ1) is 18.2. The lowest BCUT2D eigenvalue weighted by Crippen LogP contribution is -2.54. The Morgan fingerprint density at radius 3 is 2.32 bits per heavy atom. The zero-order valence-corrected chi connectivity index (χ0v) is 22.1. The van der Waals surface area contributed by atoms with Gasteiger partial charge < -0.3 is 9.47 Å². The molecule has 2 bridgehead atoms. The van der Waals surface area contributed by atoms with Gasteiger partial charge in [0.1, 0.15) is 12.4 Å². The molecule has 4 nitrogen and oxygen atoms in total. The number of hydrogen-bond donors (Lipinski definition) is 0. The van der Waals surface area contributed by atoms with Gasteiger partial charge in [-0.25, -0.2) is 4.39 Å². The van der Waals surface area contributed by atoms with Gasteiger partial charge in [0.25, 0.3) is 0 Å². The minimum absolute atomic E-state index is 0.0376. The van der Waals surface area contributed by atoms with E-state index in [1.54, 1.807) is 6.07 Å². The molecule has 208 valence electrons. The number of hydrogen-bond acceptors (Lipinski definition) is 4. The molecule has 3 atom stereocenters. The first-order valence-corrected chi connectivity index (χ1v) is 13.9. The summed E-state index contributed by atoms with van der Waals surface area (Å²) >= 11 is 0. The lowest BCUT2D eigenvalue weighted by atomic mass is 9.77. The van der Waals surface area contributed by atoms with Gasteiger partial charge in [-0.2, -0.15) is 13.2 Å². The second kappa shape index (κ2) is 11.0. The van der Waals surface area contributed by atoms with Crippen LogP contribution in [0.4, 0.5) is 17.6 Å². The number of piperidine rings is 2. The number of carbonyl (C=O) groups excluding carboxylic acids is 1. The highest BCUT2D eigenvalue weighted by atomic mass is 19.4. The van der Waals surface area contributed by atoms with Crippen molar-refractivity contribution in [3.05, 3.63) is 41.5 Å². The summed E-state index contributed by atoms with van der Waals surface area (Å²) in [6.07, 6.45) is 1.19. The molecular weight excluding hydrogens is 498 g/mol. The van der Waals surface area contributed by atoms with E-state index in [1.165, 1.54) is 13.5 Å². The van der Waals surface area contributed by atoms with Gasteiger partial charge in [-0.3, -0.25) is 9.69 Å². The molecular formula is C30H37F4NO3. The fourth-order valence-electron chi connectivity index (χ4n) is 7.17. The van der Waals surface area contributed by atoms with Crippen molar-refractivity contribution >= 4 is 16.7 Å². The molecule has 2 aromatic carbocycles. The van der Waals surface area contributed by atoms with Crippen LogP contribution in [0.25, 0.3) is 10.8 Å². The van der Waals surface area contributed by atoms with Crippen molar-refractivity contribution in [3.8, 4) is 5.75 Å². The number of fused-ring (bicyclic) bond motifs is 3. The molecule has 1 aliphatic carbocycles. The fourth-order valence-corrected chi connectivity index (χ4v) is 7.17. The zero-order chi connectivity index (χ0) is 27.0. The molecule has 3 aliphatic rings. The summed E-state index contributed by atoms with van der Waals surface area (Å²) in [4.78, 5) is 14.8. The third-order valence-corrected chi connectivity index (χ3v) is 9.17. The Balaban J connectivity index is 1.33. The van der Waals surface area contributed by atoms with E-state index in [0.717, 1.165) is 42.0 Å². The lowest BCUT2D eigenvalue weighted by molar-refractivity contribution is -0.185. The van der Waals surface area contributed by atoms with Gasteiger partial charge >= 0.3 is 12.1 Å². The SMILES string of the molecule is COC(=O)C1CC2CCCC(C1)N2C(C)c1ccc2c(CF)c(OC3CCC(C(F)(F)F)CC3)ccc2c1. The molecule has 3 unspecified atom stereocenters. The molecule has 2 aromatic rings. The molecule has 2 saturated heterocycles. The van der Waals surface area contributed by atoms with Crippen LogP contribution in [0, 0.1) is 11.8 Å². The normalized spacial score (nSPS) is 29.2. The molecule has 3 fully saturated rings. The van der Waals surface area contributed by atoms with Crippen molar-refractivity contribution in [1.82, 2.24) is 4.90 Å². The molecule has 0 amide bonds. The maximum atomic E-state index is 14.3. The van der Waals surface area contributed by atoms with Crippen LogP contribution in [0.5, 0.6) is 5.75 Å². The van der Waals surface area contributed by atoms with Gasteiger partial charge in [-0.1, -0.05) is 24.6 Å². The van der Waals surface area contributed by atoms with Crippen LogP contribution >= 0.6 is 0 Å². The van der Waals surface area contributed by atoms with Gasteiger partial charge in [-0.05, 0) is 86.8 Å². The number of carbonyl (C=O) groups is 1. The molecule has 2 aliphatic heterocycles. The predicted octanol–water partition coefficient (Wildman–Crippen LogP) is 7.68. The van der Waals surface area contributed by atoms with E-state index < -0.39 is 18.8 Å². The van der Waals surface area contributed by atoms with Gasteiger partial charge in [0.15, 0.2) is 0 Å². The maximum absolute atomic E-state index is 14.3. The van der Waals surface area contributed by atoms with Crippen molar-refractivity contribution in [2.24, 2.45) is 11.8 Å². The average molecular weight is 536 g/mol. The molecule has 5 rings (SSSR count). The smallest absolute Gasteiger partial charge is 0.391 e. The number of esters is 1. The average Bonchev–Trinajstić information content (AvgIpc) is 2.90. The molecule has 0 spiro atoms. The Morgan fingerprint density at radius 2 is 1.71 bits per heavy atom. The summed E-state index contributed by atoms with van der Waals surface area (Å²) in [5.41, 5.74) is 1.60. The number of ether oxygens (including phenoxy) is 2. The zero-order valence-electron chi connectivity index (χ0n) is 22.1. The molecule has 0 radical (unpaired) electrons. The van der Waals surface area contributed by atoms with E-state index in [0.29, 0.717) is 36.2 Å². The molecule has 0 aromatic heterocycles. The van der Waals surface area contributed by atoms with Gasteiger partial charge in [0.05, 0.1) is 25.0 Å². The van der Waals surface area contributed by atoms with Crippen molar-refractivity contribution < 1.29 is 31.8 Å². The number of methoxy groups -OCH3 is 1. The highest BCUT2D eigenvalue weighted by Crippen LogP contribution is 2.43. The topological polar surface area (TPSA) is 38.8 Å². The molecule has 8 heteroatoms. The summed E-state index contributed by atoms with van der Waals surface area (Å²) in [5, 5.41) is 1.69. The van der Waals surface area contributed by atoms with Crippen molar-refractivity contribution in [1.29, 1.82) is 0 Å². The Bertz CT molecular complexity index is 1130. The van der Waals surface area contributed by atoms with Crippen LogP contribution in [0.15, 0.2) is 30.3 Å². The number of halogens is 4. The number of alkyl halides is 4. The monoisotopic (exact) mass is 535 g/mol. The third kappa shape index (κ3) is 5.38. The van der Waals surface area contributed by atoms with E-state index in [4.69, 9.17) is 9.47 Å². The molecule has 38 heavy (non-hydrogen) atoms. The Hall–Kier alpha value is -2.35. The summed E-state index contributed by atoms with van der Waals surface area (Å²) in [6, 6.07) is 10.6. The predicted molar refractivity (Wildman–Crippen MR) is 138 cm³/mol. The summed E-state index contributed by atoms with van der Waals surface area (Å²) in [6.45, 7) is 1.50. The minimum Gasteiger partial charge on any atom is -0.490 e. The highest BCUT2D eigenvalue weighted by Gasteiger charge is 2.44. The molecule has 2 heterocycles. The lowest BCUT2D eigenvalue weighted by Gasteiger charge is -2.51.